The van der Waals surface area contributed by atoms with Gasteiger partial charge in [-0.25, -0.2) is 0 Å². The van der Waals surface area contributed by atoms with Gasteiger partial charge in [0.25, 0.3) is 0 Å². The van der Waals surface area contributed by atoms with Gasteiger partial charge in [0.1, 0.15) is 6.04 Å². The normalized spacial score (nSPS) is 12.1. The maximum Gasteiger partial charge on any atom is 0.247 e. The van der Waals surface area contributed by atoms with Gasteiger partial charge < -0.3 is 5.32 Å². The Hall–Kier alpha value is -2.83. The van der Waals surface area contributed by atoms with E-state index in [2.05, 4.69) is 31.0 Å². The molecule has 1 unspecified atom stereocenters. The molecule has 0 bridgehead atoms. The van der Waals surface area contributed by atoms with E-state index in [1.54, 1.807) is 16.2 Å². The van der Waals surface area contributed by atoms with E-state index < -0.39 is 6.04 Å². The first kappa shape index (κ1) is 19.5. The van der Waals surface area contributed by atoms with E-state index in [9.17, 15) is 4.79 Å². The zero-order valence-electron chi connectivity index (χ0n) is 15.4. The van der Waals surface area contributed by atoms with Crippen LogP contribution in [0.25, 0.3) is 16.4 Å². The van der Waals surface area contributed by atoms with Crippen molar-refractivity contribution >= 4 is 46.9 Å². The number of carbonyl (C=O) groups excluding carboxylic acids is 1. The Labute approximate surface area is 179 Å². The molecule has 4 aromatic rings. The van der Waals surface area contributed by atoms with E-state index in [1.807, 2.05) is 48.0 Å². The van der Waals surface area contributed by atoms with Crippen LogP contribution in [0.1, 0.15) is 13.0 Å². The molecule has 29 heavy (non-hydrogen) atoms. The van der Waals surface area contributed by atoms with E-state index in [0.29, 0.717) is 21.4 Å². The van der Waals surface area contributed by atoms with Crippen LogP contribution in [0.4, 0.5) is 5.69 Å². The van der Waals surface area contributed by atoms with Crippen molar-refractivity contribution in [3.8, 4) is 16.4 Å². The second-order valence-corrected chi connectivity index (χ2v) is 8.10. The van der Waals surface area contributed by atoms with Gasteiger partial charge in [-0.05, 0) is 65.5 Å². The number of thioether (sulfide) groups is 1. The Bertz CT molecular complexity index is 1190. The molecule has 9 nitrogen and oxygen atoms in total. The van der Waals surface area contributed by atoms with E-state index in [1.165, 1.54) is 23.1 Å². The van der Waals surface area contributed by atoms with Gasteiger partial charge in [-0.15, -0.1) is 16.4 Å². The molecule has 0 saturated carbocycles. The van der Waals surface area contributed by atoms with Gasteiger partial charge in [0.05, 0.1) is 10.6 Å². The maximum atomic E-state index is 12.9. The molecule has 0 spiro atoms. The fourth-order valence-corrected chi connectivity index (χ4v) is 4.22. The van der Waals surface area contributed by atoms with Crippen LogP contribution in [0, 0.1) is 4.77 Å². The Morgan fingerprint density at radius 1 is 1.34 bits per heavy atom. The van der Waals surface area contributed by atoms with Gasteiger partial charge >= 0.3 is 0 Å². The Kier molecular flexibility index (Phi) is 5.56. The molecule has 0 fully saturated rings. The largest absolute Gasteiger partial charge is 0.324 e. The minimum atomic E-state index is -0.559. The number of benzene rings is 1. The topological polar surface area (TPSA) is 106 Å². The molecule has 0 aliphatic heterocycles. The van der Waals surface area contributed by atoms with E-state index in [4.69, 9.17) is 12.2 Å². The Morgan fingerprint density at radius 3 is 2.97 bits per heavy atom. The van der Waals surface area contributed by atoms with Crippen molar-refractivity contribution in [2.24, 2.45) is 0 Å². The van der Waals surface area contributed by atoms with Crippen LogP contribution in [0.2, 0.25) is 0 Å². The summed E-state index contributed by atoms with van der Waals surface area (Å²) >= 11 is 8.32. The quantitative estimate of drug-likeness (QED) is 0.346. The van der Waals surface area contributed by atoms with Crippen molar-refractivity contribution in [1.82, 2.24) is 35.0 Å². The molecule has 3 aromatic heterocycles. The molecule has 1 atom stereocenters. The summed E-state index contributed by atoms with van der Waals surface area (Å²) in [5.41, 5.74) is 1.39. The second-order valence-electron chi connectivity index (χ2n) is 5.99. The summed E-state index contributed by atoms with van der Waals surface area (Å²) in [4.78, 5) is 13.9. The summed E-state index contributed by atoms with van der Waals surface area (Å²) in [6.07, 6.45) is 1.90. The summed E-state index contributed by atoms with van der Waals surface area (Å²) in [6.45, 7) is 1.79. The lowest BCUT2D eigenvalue weighted by Gasteiger charge is -2.15. The van der Waals surface area contributed by atoms with E-state index in [-0.39, 0.29) is 5.91 Å². The predicted octanol–water partition coefficient (Wildman–Crippen LogP) is 3.57. The lowest BCUT2D eigenvalue weighted by molar-refractivity contribution is -0.118. The van der Waals surface area contributed by atoms with Gasteiger partial charge in [0.2, 0.25) is 11.1 Å². The van der Waals surface area contributed by atoms with Crippen LogP contribution in [-0.4, -0.2) is 47.1 Å². The van der Waals surface area contributed by atoms with Crippen LogP contribution in [0.5, 0.6) is 0 Å². The average Bonchev–Trinajstić information content (AvgIpc) is 3.47. The number of anilines is 1. The summed E-state index contributed by atoms with van der Waals surface area (Å²) in [5.74, 6) is 0.430. The highest BCUT2D eigenvalue weighted by molar-refractivity contribution is 7.98. The summed E-state index contributed by atoms with van der Waals surface area (Å²) in [7, 11) is 0. The van der Waals surface area contributed by atoms with Crippen molar-refractivity contribution in [3.63, 3.8) is 0 Å². The number of hydrogen-bond donors (Lipinski definition) is 2. The third-order valence-electron chi connectivity index (χ3n) is 4.19. The number of carbonyl (C=O) groups is 1. The first-order valence-corrected chi connectivity index (χ1v) is 11.0. The number of tetrazole rings is 1. The van der Waals surface area contributed by atoms with Crippen LogP contribution >= 0.6 is 35.3 Å². The molecule has 148 valence electrons. The molecule has 1 amide bonds. The first-order valence-electron chi connectivity index (χ1n) is 8.53. The number of H-pyrrole nitrogens is 1. The lowest BCUT2D eigenvalue weighted by Crippen LogP contribution is -2.24. The van der Waals surface area contributed by atoms with Crippen LogP contribution in [-0.2, 0) is 4.79 Å². The molecule has 0 aliphatic rings. The van der Waals surface area contributed by atoms with Crippen molar-refractivity contribution in [2.75, 3.05) is 11.6 Å². The molecule has 0 radical (unpaired) electrons. The number of nitrogens with zero attached hydrogens (tertiary/aromatic N) is 6. The van der Waals surface area contributed by atoms with Crippen LogP contribution in [0.3, 0.4) is 0 Å². The summed E-state index contributed by atoms with van der Waals surface area (Å²) in [6, 6.07) is 10.6. The number of amides is 1. The monoisotopic (exact) mass is 444 g/mol. The fourth-order valence-electron chi connectivity index (χ4n) is 2.79. The van der Waals surface area contributed by atoms with E-state index >= 15 is 0 Å². The van der Waals surface area contributed by atoms with Gasteiger partial charge in [-0.2, -0.15) is 9.78 Å². The molecule has 0 aliphatic carbocycles. The SMILES string of the molecule is CSc1nnnn1-c1cccc(NC(=O)C(C)n2c(-c3cccs3)n[nH]c2=S)c1. The molecule has 12 heteroatoms. The number of thiophene rings is 1. The van der Waals surface area contributed by atoms with Crippen molar-refractivity contribution < 1.29 is 4.79 Å². The van der Waals surface area contributed by atoms with Crippen molar-refractivity contribution in [3.05, 3.63) is 46.5 Å². The highest BCUT2D eigenvalue weighted by Gasteiger charge is 2.21. The molecule has 2 N–H and O–H groups in total. The van der Waals surface area contributed by atoms with Gasteiger partial charge in [0.15, 0.2) is 10.6 Å². The van der Waals surface area contributed by atoms with Gasteiger partial charge in [-0.1, -0.05) is 23.9 Å². The maximum absolute atomic E-state index is 12.9. The molecular weight excluding hydrogens is 428 g/mol. The van der Waals surface area contributed by atoms with Gasteiger partial charge in [0, 0.05) is 5.69 Å². The summed E-state index contributed by atoms with van der Waals surface area (Å²) in [5, 5.41) is 24.3. The molecule has 4 rings (SSSR count). The molecule has 0 saturated heterocycles. The van der Waals surface area contributed by atoms with Crippen LogP contribution < -0.4 is 5.32 Å². The van der Waals surface area contributed by atoms with Crippen molar-refractivity contribution in [1.29, 1.82) is 0 Å². The Balaban J connectivity index is 1.59. The predicted molar refractivity (Wildman–Crippen MR) is 115 cm³/mol. The average molecular weight is 445 g/mol. The standard InChI is InChI=1S/C17H16N8OS3/c1-10(24-14(19-20-16(24)27)13-7-4-8-29-13)15(26)18-11-5-3-6-12(9-11)25-17(28-2)21-22-23-25/h3-10H,1-2H3,(H,18,26)(H,20,27). The minimum Gasteiger partial charge on any atom is -0.324 e. The molecule has 1 aromatic carbocycles. The minimum absolute atomic E-state index is 0.209. The zero-order valence-corrected chi connectivity index (χ0v) is 17.9. The molecule has 3 heterocycles. The number of aromatic nitrogens is 7. The number of hydrogen-bond acceptors (Lipinski definition) is 8. The highest BCUT2D eigenvalue weighted by atomic mass is 32.2. The summed E-state index contributed by atoms with van der Waals surface area (Å²) < 4.78 is 3.72. The first-order chi connectivity index (χ1) is 14.1. The highest BCUT2D eigenvalue weighted by Crippen LogP contribution is 2.26. The lowest BCUT2D eigenvalue weighted by atomic mass is 10.2. The van der Waals surface area contributed by atoms with Crippen LogP contribution in [0.15, 0.2) is 46.9 Å². The number of aromatic amines is 1. The molecular formula is C17H16N8OS3. The second kappa shape index (κ2) is 8.27. The fraction of sp³-hybridized carbons (Fsp3) is 0.176. The van der Waals surface area contributed by atoms with Crippen molar-refractivity contribution in [2.45, 2.75) is 18.1 Å². The Morgan fingerprint density at radius 2 is 2.21 bits per heavy atom. The third kappa shape index (κ3) is 3.86. The smallest absolute Gasteiger partial charge is 0.247 e. The zero-order chi connectivity index (χ0) is 20.4. The number of nitrogens with one attached hydrogen (secondary N) is 2. The number of rotatable bonds is 6. The third-order valence-corrected chi connectivity index (χ3v) is 5.97. The van der Waals surface area contributed by atoms with E-state index in [0.717, 1.165) is 10.6 Å². The van der Waals surface area contributed by atoms with Gasteiger partial charge in [-0.3, -0.25) is 14.5 Å².